The molecule has 0 aromatic rings. The van der Waals surface area contributed by atoms with Crippen molar-refractivity contribution in [2.75, 3.05) is 0 Å². The third-order valence-corrected chi connectivity index (χ3v) is 3.66. The molecule has 1 aliphatic rings. The topological polar surface area (TPSA) is 0 Å². The molecule has 0 radical (unpaired) electrons. The molecular weight excluding hydrogens is 160 g/mol. The molecule has 0 amide bonds. The molecule has 0 spiro atoms. The predicted octanol–water partition coefficient (Wildman–Crippen LogP) is 3.70. The molecule has 0 aromatic heterocycles. The minimum atomic E-state index is 0.483. The van der Waals surface area contributed by atoms with E-state index in [-0.39, 0.29) is 0 Å². The molecule has 0 aliphatic carbocycles. The first-order valence-electron chi connectivity index (χ1n) is 3.54. The highest BCUT2D eigenvalue weighted by Crippen LogP contribution is 2.40. The summed E-state index contributed by atoms with van der Waals surface area (Å²) in [6.45, 7) is 6.89. The van der Waals surface area contributed by atoms with Gasteiger partial charge in [-0.1, -0.05) is 20.8 Å². The van der Waals surface area contributed by atoms with Gasteiger partial charge >= 0.3 is 0 Å². The summed E-state index contributed by atoms with van der Waals surface area (Å²) in [6.07, 6.45) is 1.30. The van der Waals surface area contributed by atoms with Crippen molar-refractivity contribution in [2.24, 2.45) is 5.41 Å². The van der Waals surface area contributed by atoms with Gasteiger partial charge in [0, 0.05) is 0 Å². The van der Waals surface area contributed by atoms with Crippen LogP contribution in [-0.2, 0) is 0 Å². The summed E-state index contributed by atoms with van der Waals surface area (Å²) < 4.78 is 0.778. The SMILES string of the molecule is CC(C)(C)CC1SC=CS1. The summed E-state index contributed by atoms with van der Waals surface area (Å²) in [4.78, 5) is 0. The van der Waals surface area contributed by atoms with Gasteiger partial charge in [-0.25, -0.2) is 0 Å². The average Bonchev–Trinajstić information content (AvgIpc) is 2.12. The zero-order valence-electron chi connectivity index (χ0n) is 6.76. The Morgan fingerprint density at radius 3 is 2.10 bits per heavy atom. The largest absolute Gasteiger partial charge is 0.119 e. The first-order chi connectivity index (χ1) is 4.58. The summed E-state index contributed by atoms with van der Waals surface area (Å²) in [6, 6.07) is 0. The third kappa shape index (κ3) is 3.02. The van der Waals surface area contributed by atoms with Crippen molar-refractivity contribution in [3.05, 3.63) is 10.8 Å². The quantitative estimate of drug-likeness (QED) is 0.594. The highest BCUT2D eigenvalue weighted by Gasteiger charge is 2.19. The van der Waals surface area contributed by atoms with Gasteiger partial charge in [-0.05, 0) is 22.7 Å². The lowest BCUT2D eigenvalue weighted by Gasteiger charge is -2.21. The smallest absolute Gasteiger partial charge is 0.0590 e. The Balaban J connectivity index is 2.26. The Morgan fingerprint density at radius 1 is 1.20 bits per heavy atom. The fraction of sp³-hybridized carbons (Fsp3) is 0.750. The van der Waals surface area contributed by atoms with E-state index in [1.807, 2.05) is 23.5 Å². The highest BCUT2D eigenvalue weighted by molar-refractivity contribution is 8.22. The van der Waals surface area contributed by atoms with E-state index in [4.69, 9.17) is 0 Å². The maximum Gasteiger partial charge on any atom is 0.0590 e. The molecule has 0 nitrogen and oxygen atoms in total. The van der Waals surface area contributed by atoms with Crippen LogP contribution in [0.2, 0.25) is 0 Å². The van der Waals surface area contributed by atoms with Crippen molar-refractivity contribution in [1.82, 2.24) is 0 Å². The molecule has 1 rings (SSSR count). The monoisotopic (exact) mass is 174 g/mol. The van der Waals surface area contributed by atoms with Gasteiger partial charge in [-0.2, -0.15) is 0 Å². The number of rotatable bonds is 1. The molecule has 0 saturated carbocycles. The average molecular weight is 174 g/mol. The molecule has 58 valence electrons. The summed E-state index contributed by atoms with van der Waals surface area (Å²) >= 11 is 3.90. The van der Waals surface area contributed by atoms with E-state index in [1.54, 1.807) is 0 Å². The maximum absolute atomic E-state index is 2.30. The normalized spacial score (nSPS) is 20.3. The summed E-state index contributed by atoms with van der Waals surface area (Å²) in [5.74, 6) is 0. The van der Waals surface area contributed by atoms with Gasteiger partial charge in [0.1, 0.15) is 0 Å². The third-order valence-electron chi connectivity index (χ3n) is 1.30. The van der Waals surface area contributed by atoms with Crippen LogP contribution in [0.1, 0.15) is 27.2 Å². The van der Waals surface area contributed by atoms with Crippen LogP contribution in [0.5, 0.6) is 0 Å². The zero-order valence-corrected chi connectivity index (χ0v) is 8.39. The second-order valence-corrected chi connectivity index (χ2v) is 6.26. The molecule has 0 N–H and O–H groups in total. The molecule has 1 heterocycles. The number of thioether (sulfide) groups is 2. The summed E-state index contributed by atoms with van der Waals surface area (Å²) in [5, 5.41) is 4.39. The first kappa shape index (κ1) is 8.54. The standard InChI is InChI=1S/C8H14S2/c1-8(2,3)6-7-9-4-5-10-7/h4-5,7H,6H2,1-3H3. The fourth-order valence-corrected chi connectivity index (χ4v) is 3.57. The van der Waals surface area contributed by atoms with Crippen LogP contribution in [-0.4, -0.2) is 4.58 Å². The van der Waals surface area contributed by atoms with Crippen LogP contribution in [0, 0.1) is 5.41 Å². The first-order valence-corrected chi connectivity index (χ1v) is 5.42. The van der Waals surface area contributed by atoms with Crippen LogP contribution in [0.25, 0.3) is 0 Å². The molecule has 0 saturated heterocycles. The van der Waals surface area contributed by atoms with E-state index in [0.717, 1.165) is 4.58 Å². The van der Waals surface area contributed by atoms with Gasteiger partial charge in [-0.3, -0.25) is 0 Å². The van der Waals surface area contributed by atoms with Crippen LogP contribution < -0.4 is 0 Å². The van der Waals surface area contributed by atoms with Gasteiger partial charge in [0.2, 0.25) is 0 Å². The van der Waals surface area contributed by atoms with Crippen LogP contribution in [0.4, 0.5) is 0 Å². The van der Waals surface area contributed by atoms with Crippen molar-refractivity contribution in [2.45, 2.75) is 31.8 Å². The maximum atomic E-state index is 2.30. The fourth-order valence-electron chi connectivity index (χ4n) is 0.868. The van der Waals surface area contributed by atoms with E-state index >= 15 is 0 Å². The second-order valence-electron chi connectivity index (χ2n) is 3.74. The molecule has 0 aromatic carbocycles. The Morgan fingerprint density at radius 2 is 1.70 bits per heavy atom. The Hall–Kier alpha value is 0.440. The van der Waals surface area contributed by atoms with E-state index in [0.29, 0.717) is 5.41 Å². The molecule has 0 unspecified atom stereocenters. The van der Waals surface area contributed by atoms with Crippen molar-refractivity contribution in [3.8, 4) is 0 Å². The molecular formula is C8H14S2. The van der Waals surface area contributed by atoms with E-state index < -0.39 is 0 Å². The van der Waals surface area contributed by atoms with Crippen LogP contribution in [0.3, 0.4) is 0 Å². The van der Waals surface area contributed by atoms with Gasteiger partial charge in [0.15, 0.2) is 0 Å². The Bertz CT molecular complexity index is 125. The van der Waals surface area contributed by atoms with E-state index in [2.05, 4.69) is 31.6 Å². The van der Waals surface area contributed by atoms with Crippen LogP contribution in [0.15, 0.2) is 10.8 Å². The second kappa shape index (κ2) is 3.22. The summed E-state index contributed by atoms with van der Waals surface area (Å²) in [5.41, 5.74) is 0.483. The predicted molar refractivity (Wildman–Crippen MR) is 52.2 cm³/mol. The molecule has 10 heavy (non-hydrogen) atoms. The van der Waals surface area contributed by atoms with Gasteiger partial charge in [-0.15, -0.1) is 23.5 Å². The molecule has 0 atom stereocenters. The van der Waals surface area contributed by atoms with Crippen molar-refractivity contribution >= 4 is 23.5 Å². The minimum absolute atomic E-state index is 0.483. The van der Waals surface area contributed by atoms with Crippen molar-refractivity contribution in [3.63, 3.8) is 0 Å². The minimum Gasteiger partial charge on any atom is -0.119 e. The summed E-state index contributed by atoms with van der Waals surface area (Å²) in [7, 11) is 0. The lowest BCUT2D eigenvalue weighted by Crippen LogP contribution is -2.10. The molecule has 2 heteroatoms. The molecule has 1 aliphatic heterocycles. The highest BCUT2D eigenvalue weighted by atomic mass is 32.2. The lowest BCUT2D eigenvalue weighted by molar-refractivity contribution is 0.395. The van der Waals surface area contributed by atoms with Crippen molar-refractivity contribution < 1.29 is 0 Å². The van der Waals surface area contributed by atoms with Crippen molar-refractivity contribution in [1.29, 1.82) is 0 Å². The van der Waals surface area contributed by atoms with Gasteiger partial charge in [0.25, 0.3) is 0 Å². The number of hydrogen-bond donors (Lipinski definition) is 0. The molecule has 0 fully saturated rings. The molecule has 0 bridgehead atoms. The van der Waals surface area contributed by atoms with Crippen LogP contribution >= 0.6 is 23.5 Å². The Labute approximate surface area is 71.8 Å². The zero-order chi connectivity index (χ0) is 7.61. The van der Waals surface area contributed by atoms with E-state index in [9.17, 15) is 0 Å². The lowest BCUT2D eigenvalue weighted by atomic mass is 9.93. The van der Waals surface area contributed by atoms with Gasteiger partial charge in [0.05, 0.1) is 4.58 Å². The number of hydrogen-bond acceptors (Lipinski definition) is 2. The van der Waals surface area contributed by atoms with E-state index in [1.165, 1.54) is 6.42 Å². The Kier molecular flexibility index (Phi) is 2.75. The van der Waals surface area contributed by atoms with Gasteiger partial charge < -0.3 is 0 Å².